The molecule has 1 atom stereocenters. The standard InChI is InChI=1S/C24H33N5O.HI/c1-6-25-24(27-17(2)16-22-18(3)28-29(5)19(22)4)26-14-15-30-23-13-9-11-20-10-7-8-12-21(20)23;/h7-13,17H,6,14-16H2,1-5H3,(H2,25,26,27);1H. The highest BCUT2D eigenvalue weighted by atomic mass is 127. The Morgan fingerprint density at radius 2 is 1.90 bits per heavy atom. The average Bonchev–Trinajstić information content (AvgIpc) is 2.97. The lowest BCUT2D eigenvalue weighted by Gasteiger charge is -2.18. The Labute approximate surface area is 202 Å². The molecule has 3 rings (SSSR count). The number of benzene rings is 2. The molecule has 0 amide bonds. The topological polar surface area (TPSA) is 63.5 Å². The normalized spacial score (nSPS) is 12.4. The Kier molecular flexibility index (Phi) is 9.61. The van der Waals surface area contributed by atoms with Crippen molar-refractivity contribution in [3.8, 4) is 5.75 Å². The molecule has 2 N–H and O–H groups in total. The van der Waals surface area contributed by atoms with Gasteiger partial charge in [-0.15, -0.1) is 24.0 Å². The van der Waals surface area contributed by atoms with Gasteiger partial charge in [0.15, 0.2) is 5.96 Å². The van der Waals surface area contributed by atoms with Crippen molar-refractivity contribution in [2.75, 3.05) is 19.7 Å². The van der Waals surface area contributed by atoms with E-state index in [2.05, 4.69) is 66.6 Å². The lowest BCUT2D eigenvalue weighted by molar-refractivity contribution is 0.332. The number of halogens is 1. The van der Waals surface area contributed by atoms with Gasteiger partial charge in [0.25, 0.3) is 0 Å². The molecule has 0 radical (unpaired) electrons. The fraction of sp³-hybridized carbons (Fsp3) is 0.417. The minimum absolute atomic E-state index is 0. The summed E-state index contributed by atoms with van der Waals surface area (Å²) in [7, 11) is 1.99. The van der Waals surface area contributed by atoms with Gasteiger partial charge < -0.3 is 15.4 Å². The fourth-order valence-electron chi connectivity index (χ4n) is 3.66. The third-order valence-corrected chi connectivity index (χ3v) is 5.26. The molecule has 31 heavy (non-hydrogen) atoms. The zero-order valence-electron chi connectivity index (χ0n) is 19.1. The zero-order chi connectivity index (χ0) is 21.5. The number of nitrogens with zero attached hydrogens (tertiary/aromatic N) is 3. The molecule has 0 bridgehead atoms. The van der Waals surface area contributed by atoms with Crippen LogP contribution in [0.4, 0.5) is 0 Å². The maximum atomic E-state index is 6.01. The van der Waals surface area contributed by atoms with Crippen LogP contribution in [0.5, 0.6) is 5.75 Å². The van der Waals surface area contributed by atoms with Crippen LogP contribution < -0.4 is 15.4 Å². The van der Waals surface area contributed by atoms with Crippen molar-refractivity contribution in [3.05, 3.63) is 59.4 Å². The van der Waals surface area contributed by atoms with Crippen LogP contribution in [-0.4, -0.2) is 41.5 Å². The quantitative estimate of drug-likeness (QED) is 0.195. The summed E-state index contributed by atoms with van der Waals surface area (Å²) in [6.45, 7) is 10.4. The number of aliphatic imine (C=N–C) groups is 1. The van der Waals surface area contributed by atoms with Gasteiger partial charge in [-0.3, -0.25) is 4.68 Å². The second kappa shape index (κ2) is 11.9. The molecule has 0 saturated carbocycles. The summed E-state index contributed by atoms with van der Waals surface area (Å²) in [6, 6.07) is 14.6. The van der Waals surface area contributed by atoms with E-state index < -0.39 is 0 Å². The number of rotatable bonds is 8. The fourth-order valence-corrected chi connectivity index (χ4v) is 3.66. The summed E-state index contributed by atoms with van der Waals surface area (Å²) >= 11 is 0. The molecule has 0 aliphatic rings. The Hall–Kier alpha value is -2.29. The summed E-state index contributed by atoms with van der Waals surface area (Å²) in [5, 5.41) is 13.7. The SMILES string of the molecule is CCNC(=NCCOc1cccc2ccccc12)NC(C)Cc1c(C)nn(C)c1C.I. The highest BCUT2D eigenvalue weighted by Crippen LogP contribution is 2.24. The van der Waals surface area contributed by atoms with Crippen molar-refractivity contribution in [2.45, 2.75) is 40.2 Å². The van der Waals surface area contributed by atoms with Crippen LogP contribution in [0.15, 0.2) is 47.5 Å². The van der Waals surface area contributed by atoms with E-state index in [4.69, 9.17) is 4.74 Å². The molecule has 1 heterocycles. The third-order valence-electron chi connectivity index (χ3n) is 5.26. The molecule has 0 aliphatic carbocycles. The Morgan fingerprint density at radius 3 is 2.61 bits per heavy atom. The predicted molar refractivity (Wildman–Crippen MR) is 140 cm³/mol. The molecule has 0 spiro atoms. The molecule has 1 unspecified atom stereocenters. The molecule has 2 aromatic carbocycles. The van der Waals surface area contributed by atoms with E-state index in [0.29, 0.717) is 13.2 Å². The van der Waals surface area contributed by atoms with E-state index in [9.17, 15) is 0 Å². The number of guanidine groups is 1. The number of ether oxygens (including phenoxy) is 1. The van der Waals surface area contributed by atoms with Crippen LogP contribution in [-0.2, 0) is 13.5 Å². The molecular weight excluding hydrogens is 501 g/mol. The van der Waals surface area contributed by atoms with Gasteiger partial charge in [-0.2, -0.15) is 5.10 Å². The predicted octanol–water partition coefficient (Wildman–Crippen LogP) is 4.37. The Bertz CT molecular complexity index is 1010. The Balaban J connectivity index is 0.00000341. The van der Waals surface area contributed by atoms with Crippen LogP contribution in [0.3, 0.4) is 0 Å². The number of nitrogens with one attached hydrogen (secondary N) is 2. The maximum absolute atomic E-state index is 6.01. The van der Waals surface area contributed by atoms with Crippen molar-refractivity contribution in [3.63, 3.8) is 0 Å². The van der Waals surface area contributed by atoms with Gasteiger partial charge >= 0.3 is 0 Å². The van der Waals surface area contributed by atoms with Crippen LogP contribution in [0.25, 0.3) is 10.8 Å². The van der Waals surface area contributed by atoms with Crippen molar-refractivity contribution >= 4 is 40.7 Å². The maximum Gasteiger partial charge on any atom is 0.191 e. The van der Waals surface area contributed by atoms with Gasteiger partial charge in [-0.1, -0.05) is 36.4 Å². The highest BCUT2D eigenvalue weighted by molar-refractivity contribution is 14.0. The first-order valence-electron chi connectivity index (χ1n) is 10.6. The number of aryl methyl sites for hydroxylation is 2. The molecule has 6 nitrogen and oxygen atoms in total. The van der Waals surface area contributed by atoms with Crippen LogP contribution in [0.2, 0.25) is 0 Å². The number of hydrogen-bond donors (Lipinski definition) is 2. The van der Waals surface area contributed by atoms with Gasteiger partial charge in [0.1, 0.15) is 12.4 Å². The second-order valence-electron chi connectivity index (χ2n) is 7.61. The molecule has 3 aromatic rings. The van der Waals surface area contributed by atoms with E-state index in [1.165, 1.54) is 16.6 Å². The van der Waals surface area contributed by atoms with Crippen LogP contribution in [0, 0.1) is 13.8 Å². The zero-order valence-corrected chi connectivity index (χ0v) is 21.4. The molecular formula is C24H34IN5O. The van der Waals surface area contributed by atoms with E-state index >= 15 is 0 Å². The van der Waals surface area contributed by atoms with Crippen molar-refractivity contribution in [1.29, 1.82) is 0 Å². The lowest BCUT2D eigenvalue weighted by Crippen LogP contribution is -2.43. The number of hydrogen-bond acceptors (Lipinski definition) is 3. The van der Waals surface area contributed by atoms with Crippen molar-refractivity contribution in [1.82, 2.24) is 20.4 Å². The molecule has 7 heteroatoms. The lowest BCUT2D eigenvalue weighted by atomic mass is 10.1. The van der Waals surface area contributed by atoms with Gasteiger partial charge in [0.05, 0.1) is 12.2 Å². The van der Waals surface area contributed by atoms with Crippen LogP contribution in [0.1, 0.15) is 30.8 Å². The molecule has 0 saturated heterocycles. The Morgan fingerprint density at radius 1 is 1.16 bits per heavy atom. The van der Waals surface area contributed by atoms with E-state index in [1.54, 1.807) is 0 Å². The third kappa shape index (κ3) is 6.59. The molecule has 1 aromatic heterocycles. The molecule has 168 valence electrons. The van der Waals surface area contributed by atoms with E-state index in [-0.39, 0.29) is 30.0 Å². The van der Waals surface area contributed by atoms with Crippen LogP contribution >= 0.6 is 24.0 Å². The van der Waals surface area contributed by atoms with Gasteiger partial charge in [-0.05, 0) is 51.1 Å². The van der Waals surface area contributed by atoms with Gasteiger partial charge in [0.2, 0.25) is 0 Å². The highest BCUT2D eigenvalue weighted by Gasteiger charge is 2.14. The van der Waals surface area contributed by atoms with Gasteiger partial charge in [0, 0.05) is 30.7 Å². The first-order chi connectivity index (χ1) is 14.5. The second-order valence-corrected chi connectivity index (χ2v) is 7.61. The number of fused-ring (bicyclic) bond motifs is 1. The summed E-state index contributed by atoms with van der Waals surface area (Å²) < 4.78 is 7.95. The smallest absolute Gasteiger partial charge is 0.191 e. The van der Waals surface area contributed by atoms with Gasteiger partial charge in [-0.25, -0.2) is 4.99 Å². The monoisotopic (exact) mass is 535 g/mol. The molecule has 0 aliphatic heterocycles. The summed E-state index contributed by atoms with van der Waals surface area (Å²) in [5.41, 5.74) is 3.60. The average molecular weight is 535 g/mol. The van der Waals surface area contributed by atoms with Crippen molar-refractivity contribution in [2.24, 2.45) is 12.0 Å². The largest absolute Gasteiger partial charge is 0.491 e. The first-order valence-corrected chi connectivity index (χ1v) is 10.6. The summed E-state index contributed by atoms with van der Waals surface area (Å²) in [4.78, 5) is 4.69. The first kappa shape index (κ1) is 25.0. The molecule has 0 fully saturated rings. The van der Waals surface area contributed by atoms with E-state index in [1.807, 2.05) is 36.0 Å². The number of aromatic nitrogens is 2. The van der Waals surface area contributed by atoms with E-state index in [0.717, 1.165) is 35.8 Å². The summed E-state index contributed by atoms with van der Waals surface area (Å²) in [6.07, 6.45) is 0.905. The summed E-state index contributed by atoms with van der Waals surface area (Å²) in [5.74, 6) is 1.71. The van der Waals surface area contributed by atoms with Crippen molar-refractivity contribution < 1.29 is 4.74 Å². The minimum Gasteiger partial charge on any atom is -0.491 e. The minimum atomic E-state index is 0.